The third-order valence-electron chi connectivity index (χ3n) is 2.80. The number of hydrogen-bond donors (Lipinski definition) is 1. The van der Waals surface area contributed by atoms with Crippen LogP contribution < -0.4 is 5.73 Å². The highest BCUT2D eigenvalue weighted by Gasteiger charge is 2.26. The van der Waals surface area contributed by atoms with Gasteiger partial charge in [-0.3, -0.25) is 0 Å². The van der Waals surface area contributed by atoms with E-state index in [1.165, 1.54) is 5.56 Å². The molecule has 0 aliphatic carbocycles. The molecule has 1 aromatic heterocycles. The second-order valence-corrected chi connectivity index (χ2v) is 4.66. The zero-order valence-corrected chi connectivity index (χ0v) is 10.1. The van der Waals surface area contributed by atoms with E-state index in [-0.39, 0.29) is 0 Å². The molecule has 1 atom stereocenters. The molecule has 3 nitrogen and oxygen atoms in total. The lowest BCUT2D eigenvalue weighted by molar-refractivity contribution is 0.342. The van der Waals surface area contributed by atoms with Crippen LogP contribution in [0.25, 0.3) is 11.1 Å². The molecule has 0 saturated heterocycles. The van der Waals surface area contributed by atoms with Gasteiger partial charge in [0, 0.05) is 0 Å². The zero-order valence-electron chi connectivity index (χ0n) is 10.1. The molecule has 2 N–H and O–H groups in total. The van der Waals surface area contributed by atoms with Crippen molar-refractivity contribution in [3.05, 3.63) is 29.7 Å². The minimum Gasteiger partial charge on any atom is -0.439 e. The lowest BCUT2D eigenvalue weighted by atomic mass is 9.98. The van der Waals surface area contributed by atoms with Crippen LogP contribution in [0.4, 0.5) is 0 Å². The first-order valence-electron chi connectivity index (χ1n) is 5.69. The fourth-order valence-electron chi connectivity index (χ4n) is 1.91. The number of oxazole rings is 1. The number of aryl methyl sites for hydroxylation is 1. The first-order valence-corrected chi connectivity index (χ1v) is 5.69. The van der Waals surface area contributed by atoms with E-state index >= 15 is 0 Å². The molecule has 0 bridgehead atoms. The Bertz CT molecular complexity index is 500. The SMILES string of the molecule is CCCC(C)(N)c1nc2cc(C)ccc2o1. The predicted molar refractivity (Wildman–Crippen MR) is 65.2 cm³/mol. The first-order chi connectivity index (χ1) is 7.53. The normalized spacial score (nSPS) is 15.2. The predicted octanol–water partition coefficient (Wildman–Crippen LogP) is 3.11. The average Bonchev–Trinajstić information content (AvgIpc) is 2.61. The van der Waals surface area contributed by atoms with Crippen molar-refractivity contribution in [1.29, 1.82) is 0 Å². The Hall–Kier alpha value is -1.35. The van der Waals surface area contributed by atoms with E-state index in [0.717, 1.165) is 23.9 Å². The molecule has 1 unspecified atom stereocenters. The number of nitrogens with two attached hydrogens (primary N) is 1. The van der Waals surface area contributed by atoms with E-state index < -0.39 is 5.54 Å². The van der Waals surface area contributed by atoms with Gasteiger partial charge in [-0.25, -0.2) is 4.98 Å². The fraction of sp³-hybridized carbons (Fsp3) is 0.462. The Morgan fingerprint density at radius 1 is 1.44 bits per heavy atom. The number of aromatic nitrogens is 1. The van der Waals surface area contributed by atoms with E-state index in [1.54, 1.807) is 0 Å². The van der Waals surface area contributed by atoms with Gasteiger partial charge in [0.05, 0.1) is 5.54 Å². The average molecular weight is 218 g/mol. The van der Waals surface area contributed by atoms with Crippen molar-refractivity contribution in [3.63, 3.8) is 0 Å². The first kappa shape index (κ1) is 11.1. The molecule has 3 heteroatoms. The number of nitrogens with zero attached hydrogens (tertiary/aromatic N) is 1. The van der Waals surface area contributed by atoms with Crippen LogP contribution in [0.5, 0.6) is 0 Å². The number of hydrogen-bond acceptors (Lipinski definition) is 3. The fourth-order valence-corrected chi connectivity index (χ4v) is 1.91. The van der Waals surface area contributed by atoms with Crippen molar-refractivity contribution in [3.8, 4) is 0 Å². The summed E-state index contributed by atoms with van der Waals surface area (Å²) >= 11 is 0. The molecule has 2 aromatic rings. The van der Waals surface area contributed by atoms with Crippen LogP contribution in [-0.4, -0.2) is 4.98 Å². The highest BCUT2D eigenvalue weighted by Crippen LogP contribution is 2.26. The highest BCUT2D eigenvalue weighted by molar-refractivity contribution is 5.73. The van der Waals surface area contributed by atoms with Gasteiger partial charge in [0.25, 0.3) is 0 Å². The molecule has 0 aliphatic heterocycles. The maximum Gasteiger partial charge on any atom is 0.215 e. The Balaban J connectivity index is 2.46. The van der Waals surface area contributed by atoms with E-state index in [4.69, 9.17) is 10.2 Å². The van der Waals surface area contributed by atoms with Crippen molar-refractivity contribution in [2.45, 2.75) is 39.2 Å². The summed E-state index contributed by atoms with van der Waals surface area (Å²) in [5.74, 6) is 0.634. The van der Waals surface area contributed by atoms with Gasteiger partial charge in [-0.1, -0.05) is 19.4 Å². The van der Waals surface area contributed by atoms with E-state index in [2.05, 4.69) is 11.9 Å². The third-order valence-corrected chi connectivity index (χ3v) is 2.80. The van der Waals surface area contributed by atoms with Crippen LogP contribution in [-0.2, 0) is 5.54 Å². The number of fused-ring (bicyclic) bond motifs is 1. The van der Waals surface area contributed by atoms with Crippen LogP contribution in [0.2, 0.25) is 0 Å². The van der Waals surface area contributed by atoms with Gasteiger partial charge in [0.2, 0.25) is 5.89 Å². The summed E-state index contributed by atoms with van der Waals surface area (Å²) in [5.41, 5.74) is 8.61. The molecule has 0 fully saturated rings. The minimum atomic E-state index is -0.471. The standard InChI is InChI=1S/C13H18N2O/c1-4-7-13(3,14)12-15-10-8-9(2)5-6-11(10)16-12/h5-6,8H,4,7,14H2,1-3H3. The molecule has 1 aromatic carbocycles. The maximum atomic E-state index is 6.19. The van der Waals surface area contributed by atoms with Crippen molar-refractivity contribution in [2.75, 3.05) is 0 Å². The summed E-state index contributed by atoms with van der Waals surface area (Å²) in [6.07, 6.45) is 1.89. The van der Waals surface area contributed by atoms with E-state index in [9.17, 15) is 0 Å². The van der Waals surface area contributed by atoms with Crippen LogP contribution >= 0.6 is 0 Å². The van der Waals surface area contributed by atoms with Crippen LogP contribution in [0, 0.1) is 6.92 Å². The monoisotopic (exact) mass is 218 g/mol. The topological polar surface area (TPSA) is 52.0 Å². The van der Waals surface area contributed by atoms with Crippen molar-refractivity contribution in [2.24, 2.45) is 5.73 Å². The summed E-state index contributed by atoms with van der Waals surface area (Å²) in [5, 5.41) is 0. The van der Waals surface area contributed by atoms with Gasteiger partial charge in [-0.05, 0) is 38.0 Å². The smallest absolute Gasteiger partial charge is 0.215 e. The Morgan fingerprint density at radius 3 is 2.88 bits per heavy atom. The van der Waals surface area contributed by atoms with Gasteiger partial charge >= 0.3 is 0 Å². The second-order valence-electron chi connectivity index (χ2n) is 4.66. The minimum absolute atomic E-state index is 0.471. The third kappa shape index (κ3) is 1.95. The van der Waals surface area contributed by atoms with Crippen LogP contribution in [0.1, 0.15) is 38.1 Å². The lowest BCUT2D eigenvalue weighted by Crippen LogP contribution is -2.33. The lowest BCUT2D eigenvalue weighted by Gasteiger charge is -2.19. The molecule has 2 rings (SSSR count). The van der Waals surface area contributed by atoms with Gasteiger partial charge < -0.3 is 10.2 Å². The van der Waals surface area contributed by atoms with Crippen molar-refractivity contribution >= 4 is 11.1 Å². The van der Waals surface area contributed by atoms with Crippen molar-refractivity contribution in [1.82, 2.24) is 4.98 Å². The molecule has 86 valence electrons. The summed E-state index contributed by atoms with van der Waals surface area (Å²) in [6.45, 7) is 6.12. The Labute approximate surface area is 95.7 Å². The highest BCUT2D eigenvalue weighted by atomic mass is 16.3. The zero-order chi connectivity index (χ0) is 11.8. The molecule has 0 amide bonds. The van der Waals surface area contributed by atoms with Crippen LogP contribution in [0.3, 0.4) is 0 Å². The molecular formula is C13H18N2O. The molecule has 0 saturated carbocycles. The number of benzene rings is 1. The van der Waals surface area contributed by atoms with Gasteiger partial charge in [-0.2, -0.15) is 0 Å². The van der Waals surface area contributed by atoms with E-state index in [0.29, 0.717) is 5.89 Å². The molecule has 0 spiro atoms. The second kappa shape index (κ2) is 3.91. The molecule has 0 aliphatic rings. The van der Waals surface area contributed by atoms with Gasteiger partial charge in [0.1, 0.15) is 5.52 Å². The largest absolute Gasteiger partial charge is 0.439 e. The molecular weight excluding hydrogens is 200 g/mol. The summed E-state index contributed by atoms with van der Waals surface area (Å²) in [7, 11) is 0. The van der Waals surface area contributed by atoms with E-state index in [1.807, 2.05) is 32.0 Å². The Kier molecular flexibility index (Phi) is 2.72. The van der Waals surface area contributed by atoms with Crippen LogP contribution in [0.15, 0.2) is 22.6 Å². The van der Waals surface area contributed by atoms with Gasteiger partial charge in [0.15, 0.2) is 5.58 Å². The Morgan fingerprint density at radius 2 is 2.19 bits per heavy atom. The summed E-state index contributed by atoms with van der Waals surface area (Å²) < 4.78 is 5.70. The summed E-state index contributed by atoms with van der Waals surface area (Å²) in [4.78, 5) is 4.47. The maximum absolute atomic E-state index is 6.19. The summed E-state index contributed by atoms with van der Waals surface area (Å²) in [6, 6.07) is 5.98. The molecule has 16 heavy (non-hydrogen) atoms. The number of rotatable bonds is 3. The van der Waals surface area contributed by atoms with Gasteiger partial charge in [-0.15, -0.1) is 0 Å². The molecule has 0 radical (unpaired) electrons. The van der Waals surface area contributed by atoms with Crippen molar-refractivity contribution < 1.29 is 4.42 Å². The quantitative estimate of drug-likeness (QED) is 0.861. The molecule has 1 heterocycles.